The predicted octanol–water partition coefficient (Wildman–Crippen LogP) is 10.4. The Kier molecular flexibility index (Phi) is 17.9. The third-order valence-electron chi connectivity index (χ3n) is 5.28. The van der Waals surface area contributed by atoms with Gasteiger partial charge in [0.2, 0.25) is 0 Å². The van der Waals surface area contributed by atoms with E-state index >= 15 is 0 Å². The monoisotopic (exact) mass is 546 g/mol. The normalized spacial score (nSPS) is 9.11. The smallest absolute Gasteiger partial charge is 0.199 e. The van der Waals surface area contributed by atoms with Gasteiger partial charge in [-0.1, -0.05) is 50.2 Å². The van der Waals surface area contributed by atoms with Crippen molar-refractivity contribution in [1.29, 1.82) is 0 Å². The molecule has 0 N–H and O–H groups in total. The van der Waals surface area contributed by atoms with Crippen molar-refractivity contribution in [2.24, 2.45) is 0 Å². The van der Waals surface area contributed by atoms with E-state index in [1.165, 1.54) is 43.2 Å². The molecule has 0 fully saturated rings. The van der Waals surface area contributed by atoms with Crippen LogP contribution in [0.15, 0.2) is 146 Å². The van der Waals surface area contributed by atoms with Crippen molar-refractivity contribution in [2.45, 2.75) is 25.9 Å². The van der Waals surface area contributed by atoms with Crippen LogP contribution in [0.5, 0.6) is 0 Å². The maximum absolute atomic E-state index is 3.72. The van der Waals surface area contributed by atoms with Crippen molar-refractivity contribution >= 4 is 31.1 Å². The van der Waals surface area contributed by atoms with E-state index < -0.39 is 0 Å². The largest absolute Gasteiger partial charge is 4.00 e. The summed E-state index contributed by atoms with van der Waals surface area (Å²) >= 11 is 0. The minimum atomic E-state index is 0. The van der Waals surface area contributed by atoms with Crippen molar-refractivity contribution in [1.82, 2.24) is 0 Å². The molecule has 0 atom stereocenters. The second-order valence-electron chi connectivity index (χ2n) is 8.24. The average molecular weight is 547 g/mol. The molecular weight excluding hydrogens is 508 g/mol. The standard InChI is InChI=1S/2C9H7.2C7H7.C4H10Si.Ti/c2*1-2-5-9-7-3-6-8(9)4-1;2*1-7-5-3-2-4-6-7;1-3-5-4-2;/h2*1-7H;2*2-6H,1H2;3-4H2,1-2H3;/q4*-1;;+4. The first kappa shape index (κ1) is 32.8. The zero-order valence-corrected chi connectivity index (χ0v) is 25.2. The van der Waals surface area contributed by atoms with Gasteiger partial charge >= 0.3 is 21.7 Å². The molecule has 0 bridgehead atoms. The van der Waals surface area contributed by atoms with E-state index in [0.717, 1.165) is 11.1 Å². The van der Waals surface area contributed by atoms with Crippen molar-refractivity contribution in [2.75, 3.05) is 0 Å². The van der Waals surface area contributed by atoms with Gasteiger partial charge in [-0.05, 0) is 0 Å². The number of benzene rings is 4. The van der Waals surface area contributed by atoms with Crippen molar-refractivity contribution < 1.29 is 21.7 Å². The number of rotatable bonds is 2. The van der Waals surface area contributed by atoms with Crippen LogP contribution in [0, 0.1) is 13.8 Å². The molecule has 0 heterocycles. The predicted molar refractivity (Wildman–Crippen MR) is 168 cm³/mol. The Morgan fingerprint density at radius 2 is 0.842 bits per heavy atom. The van der Waals surface area contributed by atoms with E-state index in [4.69, 9.17) is 0 Å². The molecule has 0 nitrogen and oxygen atoms in total. The Morgan fingerprint density at radius 3 is 1.11 bits per heavy atom. The summed E-state index contributed by atoms with van der Waals surface area (Å²) in [5.74, 6) is 0. The second-order valence-corrected chi connectivity index (χ2v) is 10.2. The quantitative estimate of drug-likeness (QED) is 0.150. The Labute approximate surface area is 248 Å². The first-order valence-electron chi connectivity index (χ1n) is 12.8. The zero-order valence-electron chi connectivity index (χ0n) is 22.7. The molecule has 0 aliphatic rings. The summed E-state index contributed by atoms with van der Waals surface area (Å²) in [6.07, 6.45) is 0. The van der Waals surface area contributed by atoms with E-state index in [2.05, 4.69) is 113 Å². The molecule has 0 unspecified atom stereocenters. The van der Waals surface area contributed by atoms with E-state index in [0.29, 0.717) is 0 Å². The summed E-state index contributed by atoms with van der Waals surface area (Å²) in [6.45, 7) is 11.9. The van der Waals surface area contributed by atoms with Crippen LogP contribution in [-0.2, 0) is 21.7 Å². The summed E-state index contributed by atoms with van der Waals surface area (Å²) in [6, 6.07) is 51.8. The van der Waals surface area contributed by atoms with Gasteiger partial charge < -0.3 is 0 Å². The molecule has 2 heteroatoms. The molecule has 0 spiro atoms. The summed E-state index contributed by atoms with van der Waals surface area (Å²) in [7, 11) is 1.20. The van der Waals surface area contributed by atoms with Crippen LogP contribution in [0.3, 0.4) is 0 Å². The van der Waals surface area contributed by atoms with Crippen LogP contribution in [0.1, 0.15) is 25.0 Å². The maximum atomic E-state index is 3.72. The summed E-state index contributed by atoms with van der Waals surface area (Å²) in [5, 5.41) is 5.32. The maximum Gasteiger partial charge on any atom is 4.00 e. The van der Waals surface area contributed by atoms with Crippen LogP contribution in [0.25, 0.3) is 21.5 Å². The molecule has 6 aromatic carbocycles. The Balaban J connectivity index is 0.000000240. The van der Waals surface area contributed by atoms with Gasteiger partial charge in [-0.25, -0.2) is 0 Å². The van der Waals surface area contributed by atoms with Gasteiger partial charge in [-0.2, -0.15) is 84.3 Å². The van der Waals surface area contributed by atoms with E-state index in [9.17, 15) is 0 Å². The van der Waals surface area contributed by atoms with Gasteiger partial charge in [0, 0.05) is 9.52 Å². The molecule has 6 rings (SSSR count). The zero-order chi connectivity index (χ0) is 26.6. The molecular formula is C36H38SiTi. The molecule has 0 aliphatic heterocycles. The molecule has 2 radical (unpaired) electrons. The van der Waals surface area contributed by atoms with Gasteiger partial charge in [-0.15, -0.1) is 83.6 Å². The Bertz CT molecular complexity index is 1170. The Morgan fingerprint density at radius 1 is 0.500 bits per heavy atom. The van der Waals surface area contributed by atoms with Crippen molar-refractivity contribution in [3.63, 3.8) is 0 Å². The van der Waals surface area contributed by atoms with Gasteiger partial charge in [-0.3, -0.25) is 0 Å². The number of hydrogen-bond acceptors (Lipinski definition) is 0. The van der Waals surface area contributed by atoms with Crippen LogP contribution in [-0.4, -0.2) is 9.52 Å². The minimum absolute atomic E-state index is 0. The van der Waals surface area contributed by atoms with Crippen LogP contribution in [0.4, 0.5) is 0 Å². The SMILES string of the molecule is CC[Si]CC.[CH2-]c1ccccc1.[CH2-]c1ccccc1.[Ti+4].c1ccc2[cH-]ccc2c1.c1ccc2[cH-]ccc2c1. The van der Waals surface area contributed by atoms with Gasteiger partial charge in [0.25, 0.3) is 0 Å². The molecule has 38 heavy (non-hydrogen) atoms. The second kappa shape index (κ2) is 20.8. The first-order valence-corrected chi connectivity index (χ1v) is 14.2. The Hall–Kier alpha value is -3.23. The fraction of sp³-hybridized carbons (Fsp3) is 0.111. The molecule has 0 saturated carbocycles. The van der Waals surface area contributed by atoms with E-state index in [-0.39, 0.29) is 21.7 Å². The first-order chi connectivity index (χ1) is 18.1. The van der Waals surface area contributed by atoms with Gasteiger partial charge in [0.1, 0.15) is 0 Å². The van der Waals surface area contributed by atoms with E-state index in [1.54, 1.807) is 0 Å². The topological polar surface area (TPSA) is 0 Å². The number of fused-ring (bicyclic) bond motifs is 2. The third-order valence-corrected chi connectivity index (χ3v) is 6.28. The summed E-state index contributed by atoms with van der Waals surface area (Å²) in [4.78, 5) is 0. The summed E-state index contributed by atoms with van der Waals surface area (Å²) < 4.78 is 0. The van der Waals surface area contributed by atoms with Gasteiger partial charge in [0.05, 0.1) is 0 Å². The molecule has 6 aromatic rings. The fourth-order valence-electron chi connectivity index (χ4n) is 3.35. The van der Waals surface area contributed by atoms with Crippen LogP contribution < -0.4 is 0 Å². The summed E-state index contributed by atoms with van der Waals surface area (Å²) in [5.41, 5.74) is 2.14. The molecule has 0 aliphatic carbocycles. The van der Waals surface area contributed by atoms with E-state index in [1.807, 2.05) is 60.7 Å². The molecule has 0 aromatic heterocycles. The molecule has 0 saturated heterocycles. The van der Waals surface area contributed by atoms with Crippen LogP contribution in [0.2, 0.25) is 12.1 Å². The average Bonchev–Trinajstić information content (AvgIpc) is 3.61. The van der Waals surface area contributed by atoms with Crippen molar-refractivity contribution in [3.8, 4) is 0 Å². The third kappa shape index (κ3) is 13.9. The molecule has 0 amide bonds. The molecule has 190 valence electrons. The number of hydrogen-bond donors (Lipinski definition) is 0. The van der Waals surface area contributed by atoms with Gasteiger partial charge in [0.15, 0.2) is 0 Å². The van der Waals surface area contributed by atoms with Crippen LogP contribution >= 0.6 is 0 Å². The fourth-order valence-corrected chi connectivity index (χ4v) is 3.85. The minimum Gasteiger partial charge on any atom is -0.199 e. The van der Waals surface area contributed by atoms with Crippen molar-refractivity contribution in [3.05, 3.63) is 171 Å².